The predicted octanol–water partition coefficient (Wildman–Crippen LogP) is 4.30. The predicted molar refractivity (Wildman–Crippen MR) is 109 cm³/mol. The maximum absolute atomic E-state index is 12.3. The number of carbonyl (C=O) groups is 2. The SMILES string of the molecule is Cc1cccc(C(=O)Nc2ccc(NC(=O)CNc3ccccc3)cc2)c1. The van der Waals surface area contributed by atoms with Gasteiger partial charge in [-0.25, -0.2) is 0 Å². The first-order valence-corrected chi connectivity index (χ1v) is 8.67. The summed E-state index contributed by atoms with van der Waals surface area (Å²) in [6.07, 6.45) is 0. The van der Waals surface area contributed by atoms with Gasteiger partial charge in [-0.3, -0.25) is 9.59 Å². The number of benzene rings is 3. The lowest BCUT2D eigenvalue weighted by molar-refractivity contribution is -0.114. The van der Waals surface area contributed by atoms with E-state index in [4.69, 9.17) is 0 Å². The van der Waals surface area contributed by atoms with Gasteiger partial charge in [-0.15, -0.1) is 0 Å². The van der Waals surface area contributed by atoms with Gasteiger partial charge in [0.15, 0.2) is 0 Å². The van der Waals surface area contributed by atoms with Crippen LogP contribution in [0.1, 0.15) is 15.9 Å². The first-order valence-electron chi connectivity index (χ1n) is 8.67. The number of rotatable bonds is 6. The van der Waals surface area contributed by atoms with Crippen LogP contribution in [0.3, 0.4) is 0 Å². The Morgan fingerprint density at radius 3 is 2.07 bits per heavy atom. The fraction of sp³-hybridized carbons (Fsp3) is 0.0909. The Labute approximate surface area is 158 Å². The smallest absolute Gasteiger partial charge is 0.255 e. The third-order valence-corrected chi connectivity index (χ3v) is 3.93. The number of hydrogen-bond donors (Lipinski definition) is 3. The van der Waals surface area contributed by atoms with Crippen molar-refractivity contribution in [2.75, 3.05) is 22.5 Å². The van der Waals surface area contributed by atoms with Crippen LogP contribution in [0.4, 0.5) is 17.1 Å². The van der Waals surface area contributed by atoms with E-state index in [0.29, 0.717) is 16.9 Å². The summed E-state index contributed by atoms with van der Waals surface area (Å²) < 4.78 is 0. The fourth-order valence-corrected chi connectivity index (χ4v) is 2.57. The highest BCUT2D eigenvalue weighted by atomic mass is 16.2. The molecule has 0 saturated heterocycles. The molecule has 3 rings (SSSR count). The van der Waals surface area contributed by atoms with Crippen LogP contribution in [0, 0.1) is 6.92 Å². The number of nitrogens with one attached hydrogen (secondary N) is 3. The second-order valence-corrected chi connectivity index (χ2v) is 6.17. The summed E-state index contributed by atoms with van der Waals surface area (Å²) in [6, 6.07) is 24.0. The first kappa shape index (κ1) is 18.2. The average molecular weight is 359 g/mol. The topological polar surface area (TPSA) is 70.2 Å². The molecule has 0 radical (unpaired) electrons. The van der Waals surface area contributed by atoms with Gasteiger partial charge in [0, 0.05) is 22.6 Å². The molecule has 0 bridgehead atoms. The molecule has 0 aromatic heterocycles. The zero-order chi connectivity index (χ0) is 19.1. The van der Waals surface area contributed by atoms with Crippen LogP contribution in [0.15, 0.2) is 78.9 Å². The molecule has 0 heterocycles. The highest BCUT2D eigenvalue weighted by Crippen LogP contribution is 2.15. The van der Waals surface area contributed by atoms with Gasteiger partial charge in [-0.2, -0.15) is 0 Å². The second-order valence-electron chi connectivity index (χ2n) is 6.17. The molecule has 0 atom stereocenters. The molecule has 0 aliphatic rings. The molecule has 27 heavy (non-hydrogen) atoms. The maximum Gasteiger partial charge on any atom is 0.255 e. The van der Waals surface area contributed by atoms with Gasteiger partial charge in [0.25, 0.3) is 5.91 Å². The summed E-state index contributed by atoms with van der Waals surface area (Å²) in [7, 11) is 0. The Balaban J connectivity index is 1.52. The summed E-state index contributed by atoms with van der Waals surface area (Å²) in [5.41, 5.74) is 3.87. The lowest BCUT2D eigenvalue weighted by Crippen LogP contribution is -2.21. The third kappa shape index (κ3) is 5.44. The summed E-state index contributed by atoms with van der Waals surface area (Å²) >= 11 is 0. The number of aryl methyl sites for hydroxylation is 1. The lowest BCUT2D eigenvalue weighted by atomic mass is 10.1. The molecule has 0 aliphatic carbocycles. The van der Waals surface area contributed by atoms with Crippen LogP contribution in [-0.4, -0.2) is 18.4 Å². The molecule has 0 unspecified atom stereocenters. The van der Waals surface area contributed by atoms with Crippen molar-refractivity contribution in [1.29, 1.82) is 0 Å². The Bertz CT molecular complexity index is 922. The zero-order valence-electron chi connectivity index (χ0n) is 15.0. The van der Waals surface area contributed by atoms with Gasteiger partial charge in [-0.05, 0) is 55.5 Å². The van der Waals surface area contributed by atoms with Crippen LogP contribution >= 0.6 is 0 Å². The molecule has 3 aromatic rings. The third-order valence-electron chi connectivity index (χ3n) is 3.93. The van der Waals surface area contributed by atoms with E-state index in [0.717, 1.165) is 11.3 Å². The van der Waals surface area contributed by atoms with Gasteiger partial charge in [0.2, 0.25) is 5.91 Å². The Hall–Kier alpha value is -3.60. The molecule has 136 valence electrons. The van der Waals surface area contributed by atoms with Crippen LogP contribution in [0.2, 0.25) is 0 Å². The largest absolute Gasteiger partial charge is 0.376 e. The van der Waals surface area contributed by atoms with E-state index >= 15 is 0 Å². The minimum absolute atomic E-state index is 0.143. The molecule has 0 saturated carbocycles. The van der Waals surface area contributed by atoms with Crippen LogP contribution in [-0.2, 0) is 4.79 Å². The van der Waals surface area contributed by atoms with Gasteiger partial charge in [0.1, 0.15) is 0 Å². The van der Waals surface area contributed by atoms with Crippen LogP contribution in [0.5, 0.6) is 0 Å². The average Bonchev–Trinajstić information content (AvgIpc) is 2.69. The lowest BCUT2D eigenvalue weighted by Gasteiger charge is -2.09. The van der Waals surface area contributed by atoms with Gasteiger partial charge in [0.05, 0.1) is 6.54 Å². The van der Waals surface area contributed by atoms with Crippen molar-refractivity contribution in [2.24, 2.45) is 0 Å². The highest BCUT2D eigenvalue weighted by molar-refractivity contribution is 6.04. The van der Waals surface area contributed by atoms with Crippen molar-refractivity contribution in [3.8, 4) is 0 Å². The molecule has 5 nitrogen and oxygen atoms in total. The second kappa shape index (κ2) is 8.67. The van der Waals surface area contributed by atoms with Gasteiger partial charge < -0.3 is 16.0 Å². The monoisotopic (exact) mass is 359 g/mol. The Morgan fingerprint density at radius 1 is 0.741 bits per heavy atom. The molecule has 3 aromatic carbocycles. The fourth-order valence-electron chi connectivity index (χ4n) is 2.57. The summed E-state index contributed by atoms with van der Waals surface area (Å²) in [6.45, 7) is 2.12. The summed E-state index contributed by atoms with van der Waals surface area (Å²) in [4.78, 5) is 24.3. The van der Waals surface area contributed by atoms with Crippen molar-refractivity contribution in [3.63, 3.8) is 0 Å². The molecule has 0 spiro atoms. The molecule has 5 heteroatoms. The quantitative estimate of drug-likeness (QED) is 0.615. The Kier molecular flexibility index (Phi) is 5.84. The molecule has 0 fully saturated rings. The summed E-state index contributed by atoms with van der Waals surface area (Å²) in [5, 5.41) is 8.72. The van der Waals surface area contributed by atoms with Crippen molar-refractivity contribution in [3.05, 3.63) is 90.0 Å². The van der Waals surface area contributed by atoms with Crippen molar-refractivity contribution in [2.45, 2.75) is 6.92 Å². The van der Waals surface area contributed by atoms with Crippen molar-refractivity contribution < 1.29 is 9.59 Å². The van der Waals surface area contributed by atoms with Gasteiger partial charge >= 0.3 is 0 Å². The number of para-hydroxylation sites is 1. The highest BCUT2D eigenvalue weighted by Gasteiger charge is 2.07. The first-order chi connectivity index (χ1) is 13.1. The standard InChI is InChI=1S/C22H21N3O2/c1-16-6-5-7-17(14-16)22(27)25-20-12-10-19(11-13-20)24-21(26)15-23-18-8-3-2-4-9-18/h2-14,23H,15H2,1H3,(H,24,26)(H,25,27). The minimum Gasteiger partial charge on any atom is -0.376 e. The zero-order valence-corrected chi connectivity index (χ0v) is 15.0. The van der Waals surface area contributed by atoms with Crippen LogP contribution in [0.25, 0.3) is 0 Å². The number of carbonyl (C=O) groups excluding carboxylic acids is 2. The van der Waals surface area contributed by atoms with E-state index in [-0.39, 0.29) is 18.4 Å². The Morgan fingerprint density at radius 2 is 1.41 bits per heavy atom. The minimum atomic E-state index is -0.164. The molecule has 2 amide bonds. The summed E-state index contributed by atoms with van der Waals surface area (Å²) in [5.74, 6) is -0.307. The van der Waals surface area contributed by atoms with Crippen LogP contribution < -0.4 is 16.0 Å². The van der Waals surface area contributed by atoms with E-state index in [1.807, 2.05) is 55.5 Å². The maximum atomic E-state index is 12.3. The normalized spacial score (nSPS) is 10.1. The van der Waals surface area contributed by atoms with Gasteiger partial charge in [-0.1, -0.05) is 35.9 Å². The number of anilines is 3. The van der Waals surface area contributed by atoms with E-state index in [2.05, 4.69) is 16.0 Å². The molecule has 3 N–H and O–H groups in total. The van der Waals surface area contributed by atoms with Crippen molar-refractivity contribution in [1.82, 2.24) is 0 Å². The van der Waals surface area contributed by atoms with E-state index in [1.54, 1.807) is 30.3 Å². The van der Waals surface area contributed by atoms with E-state index < -0.39 is 0 Å². The van der Waals surface area contributed by atoms with E-state index in [9.17, 15) is 9.59 Å². The van der Waals surface area contributed by atoms with Crippen molar-refractivity contribution >= 4 is 28.9 Å². The molecule has 0 aliphatic heterocycles. The number of hydrogen-bond acceptors (Lipinski definition) is 3. The number of amides is 2. The molecular weight excluding hydrogens is 338 g/mol. The van der Waals surface area contributed by atoms with E-state index in [1.165, 1.54) is 0 Å². The molecular formula is C22H21N3O2.